The SMILES string of the molecule is O=C(O)c1ccc(CC(=O)c2ccccc2)nc1. The highest BCUT2D eigenvalue weighted by molar-refractivity contribution is 5.97. The van der Waals surface area contributed by atoms with Crippen LogP contribution in [0.4, 0.5) is 0 Å². The predicted molar refractivity (Wildman–Crippen MR) is 65.7 cm³/mol. The molecule has 0 bridgehead atoms. The average molecular weight is 241 g/mol. The molecule has 0 fully saturated rings. The van der Waals surface area contributed by atoms with Crippen molar-refractivity contribution in [2.45, 2.75) is 6.42 Å². The molecule has 2 aromatic rings. The van der Waals surface area contributed by atoms with E-state index in [1.54, 1.807) is 30.3 Å². The number of benzene rings is 1. The Kier molecular flexibility index (Phi) is 3.48. The van der Waals surface area contributed by atoms with Crippen molar-refractivity contribution in [3.63, 3.8) is 0 Å². The lowest BCUT2D eigenvalue weighted by Gasteiger charge is -2.01. The van der Waals surface area contributed by atoms with E-state index in [9.17, 15) is 9.59 Å². The number of carboxylic acids is 1. The molecule has 0 spiro atoms. The van der Waals surface area contributed by atoms with Crippen LogP contribution in [0.1, 0.15) is 26.4 Å². The van der Waals surface area contributed by atoms with Crippen LogP contribution in [-0.2, 0) is 6.42 Å². The molecule has 1 aromatic carbocycles. The van der Waals surface area contributed by atoms with Gasteiger partial charge in [0.15, 0.2) is 5.78 Å². The molecule has 2 rings (SSSR count). The fraction of sp³-hybridized carbons (Fsp3) is 0.0714. The standard InChI is InChI=1S/C14H11NO3/c16-13(10-4-2-1-3-5-10)8-12-7-6-11(9-15-12)14(17)18/h1-7,9H,8H2,(H,17,18). The summed E-state index contributed by atoms with van der Waals surface area (Å²) in [4.78, 5) is 26.5. The van der Waals surface area contributed by atoms with E-state index in [-0.39, 0.29) is 17.8 Å². The first kappa shape index (κ1) is 12.0. The van der Waals surface area contributed by atoms with Crippen molar-refractivity contribution in [1.82, 2.24) is 4.98 Å². The first-order valence-corrected chi connectivity index (χ1v) is 5.43. The lowest BCUT2D eigenvalue weighted by atomic mass is 10.1. The predicted octanol–water partition coefficient (Wildman–Crippen LogP) is 2.21. The molecule has 0 aliphatic heterocycles. The summed E-state index contributed by atoms with van der Waals surface area (Å²) in [5.41, 5.74) is 1.31. The minimum atomic E-state index is -1.02. The number of Topliss-reactive ketones (excluding diaryl/α,β-unsaturated/α-hetero) is 1. The number of nitrogens with zero attached hydrogens (tertiary/aromatic N) is 1. The maximum absolute atomic E-state index is 11.9. The van der Waals surface area contributed by atoms with Crippen molar-refractivity contribution >= 4 is 11.8 Å². The van der Waals surface area contributed by atoms with E-state index in [0.29, 0.717) is 11.3 Å². The molecule has 18 heavy (non-hydrogen) atoms. The Morgan fingerprint density at radius 2 is 1.72 bits per heavy atom. The Morgan fingerprint density at radius 1 is 1.00 bits per heavy atom. The van der Waals surface area contributed by atoms with Crippen LogP contribution < -0.4 is 0 Å². The van der Waals surface area contributed by atoms with E-state index in [1.807, 2.05) is 6.07 Å². The lowest BCUT2D eigenvalue weighted by Crippen LogP contribution is -2.06. The highest BCUT2D eigenvalue weighted by Crippen LogP contribution is 2.06. The Morgan fingerprint density at radius 3 is 2.28 bits per heavy atom. The zero-order valence-corrected chi connectivity index (χ0v) is 9.54. The van der Waals surface area contributed by atoms with Gasteiger partial charge in [-0.2, -0.15) is 0 Å². The molecule has 0 aliphatic carbocycles. The fourth-order valence-electron chi connectivity index (χ4n) is 1.55. The highest BCUT2D eigenvalue weighted by atomic mass is 16.4. The van der Waals surface area contributed by atoms with Gasteiger partial charge >= 0.3 is 5.97 Å². The number of carbonyl (C=O) groups excluding carboxylic acids is 1. The summed E-state index contributed by atoms with van der Waals surface area (Å²) in [5, 5.41) is 8.73. The molecule has 0 aliphatic rings. The number of aromatic carboxylic acids is 1. The molecule has 1 N–H and O–H groups in total. The largest absolute Gasteiger partial charge is 0.478 e. The zero-order chi connectivity index (χ0) is 13.0. The molecule has 1 heterocycles. The molecule has 0 saturated carbocycles. The molecule has 1 aromatic heterocycles. The van der Waals surface area contributed by atoms with E-state index >= 15 is 0 Å². The van der Waals surface area contributed by atoms with Crippen LogP contribution in [0.15, 0.2) is 48.7 Å². The van der Waals surface area contributed by atoms with Crippen LogP contribution in [0.2, 0.25) is 0 Å². The van der Waals surface area contributed by atoms with Gasteiger partial charge in [0.1, 0.15) is 0 Å². The second-order valence-electron chi connectivity index (χ2n) is 3.81. The number of hydrogen-bond acceptors (Lipinski definition) is 3. The van der Waals surface area contributed by atoms with E-state index < -0.39 is 5.97 Å². The number of ketones is 1. The Labute approximate surface area is 104 Å². The van der Waals surface area contributed by atoms with Gasteiger partial charge in [-0.1, -0.05) is 30.3 Å². The second-order valence-corrected chi connectivity index (χ2v) is 3.81. The normalized spacial score (nSPS) is 10.0. The third-order valence-electron chi connectivity index (χ3n) is 2.51. The van der Waals surface area contributed by atoms with Gasteiger partial charge in [-0.15, -0.1) is 0 Å². The Bertz CT molecular complexity index is 561. The highest BCUT2D eigenvalue weighted by Gasteiger charge is 2.08. The Hall–Kier alpha value is -2.49. The summed E-state index contributed by atoms with van der Waals surface area (Å²) in [6, 6.07) is 11.9. The van der Waals surface area contributed by atoms with Crippen LogP contribution in [0.25, 0.3) is 0 Å². The van der Waals surface area contributed by atoms with Gasteiger partial charge in [0.2, 0.25) is 0 Å². The molecule has 4 heteroatoms. The van der Waals surface area contributed by atoms with Gasteiger partial charge in [0, 0.05) is 17.5 Å². The molecule has 0 unspecified atom stereocenters. The van der Waals surface area contributed by atoms with Crippen LogP contribution in [0.5, 0.6) is 0 Å². The summed E-state index contributed by atoms with van der Waals surface area (Å²) >= 11 is 0. The number of pyridine rings is 1. The van der Waals surface area contributed by atoms with E-state index in [0.717, 1.165) is 0 Å². The molecule has 4 nitrogen and oxygen atoms in total. The maximum atomic E-state index is 11.9. The van der Waals surface area contributed by atoms with Crippen molar-refractivity contribution in [3.05, 3.63) is 65.5 Å². The van der Waals surface area contributed by atoms with Gasteiger partial charge in [0.25, 0.3) is 0 Å². The first-order chi connectivity index (χ1) is 8.66. The molecule has 90 valence electrons. The van der Waals surface area contributed by atoms with Crippen molar-refractivity contribution in [2.75, 3.05) is 0 Å². The van der Waals surface area contributed by atoms with Crippen LogP contribution in [-0.4, -0.2) is 21.8 Å². The molecule has 0 radical (unpaired) electrons. The lowest BCUT2D eigenvalue weighted by molar-refractivity contribution is 0.0696. The van der Waals surface area contributed by atoms with Crippen LogP contribution in [0.3, 0.4) is 0 Å². The molecular formula is C14H11NO3. The van der Waals surface area contributed by atoms with E-state index in [2.05, 4.69) is 4.98 Å². The third-order valence-corrected chi connectivity index (χ3v) is 2.51. The molecular weight excluding hydrogens is 230 g/mol. The maximum Gasteiger partial charge on any atom is 0.337 e. The summed E-state index contributed by atoms with van der Waals surface area (Å²) in [6.07, 6.45) is 1.43. The topological polar surface area (TPSA) is 67.3 Å². The van der Waals surface area contributed by atoms with Crippen molar-refractivity contribution in [3.8, 4) is 0 Å². The molecule has 0 amide bonds. The summed E-state index contributed by atoms with van der Waals surface area (Å²) in [6.45, 7) is 0. The number of carbonyl (C=O) groups is 2. The zero-order valence-electron chi connectivity index (χ0n) is 9.54. The first-order valence-electron chi connectivity index (χ1n) is 5.43. The number of hydrogen-bond donors (Lipinski definition) is 1. The average Bonchev–Trinajstić information content (AvgIpc) is 2.40. The summed E-state index contributed by atoms with van der Waals surface area (Å²) in [7, 11) is 0. The number of aromatic nitrogens is 1. The van der Waals surface area contributed by atoms with Gasteiger partial charge in [-0.05, 0) is 12.1 Å². The van der Waals surface area contributed by atoms with E-state index in [4.69, 9.17) is 5.11 Å². The minimum absolute atomic E-state index is 0.0359. The number of carboxylic acid groups (broad SMARTS) is 1. The fourth-order valence-corrected chi connectivity index (χ4v) is 1.55. The van der Waals surface area contributed by atoms with Crippen LogP contribution in [0, 0.1) is 0 Å². The van der Waals surface area contributed by atoms with Gasteiger partial charge in [0.05, 0.1) is 12.0 Å². The van der Waals surface area contributed by atoms with E-state index in [1.165, 1.54) is 12.3 Å². The monoisotopic (exact) mass is 241 g/mol. The Balaban J connectivity index is 2.10. The third kappa shape index (κ3) is 2.79. The molecule has 0 atom stereocenters. The summed E-state index contributed by atoms with van der Waals surface area (Å²) < 4.78 is 0. The van der Waals surface area contributed by atoms with Crippen molar-refractivity contribution in [1.29, 1.82) is 0 Å². The van der Waals surface area contributed by atoms with Crippen molar-refractivity contribution < 1.29 is 14.7 Å². The second kappa shape index (κ2) is 5.23. The molecule has 0 saturated heterocycles. The number of rotatable bonds is 4. The quantitative estimate of drug-likeness (QED) is 0.833. The van der Waals surface area contributed by atoms with Gasteiger partial charge in [-0.3, -0.25) is 9.78 Å². The van der Waals surface area contributed by atoms with Gasteiger partial charge in [-0.25, -0.2) is 4.79 Å². The minimum Gasteiger partial charge on any atom is -0.478 e. The smallest absolute Gasteiger partial charge is 0.337 e. The van der Waals surface area contributed by atoms with Gasteiger partial charge < -0.3 is 5.11 Å². The van der Waals surface area contributed by atoms with Crippen LogP contribution >= 0.6 is 0 Å². The van der Waals surface area contributed by atoms with Crippen molar-refractivity contribution in [2.24, 2.45) is 0 Å². The summed E-state index contributed by atoms with van der Waals surface area (Å²) in [5.74, 6) is -1.06.